The van der Waals surface area contributed by atoms with Crippen LogP contribution in [0.3, 0.4) is 0 Å². The van der Waals surface area contributed by atoms with E-state index in [1.54, 1.807) is 0 Å². The summed E-state index contributed by atoms with van der Waals surface area (Å²) in [6, 6.07) is 38.7. The monoisotopic (exact) mass is 465 g/mol. The number of fused-ring (bicyclic) bond motifs is 2. The molecule has 1 aliphatic heterocycles. The molecule has 36 heavy (non-hydrogen) atoms. The summed E-state index contributed by atoms with van der Waals surface area (Å²) < 4.78 is 6.85. The second kappa shape index (κ2) is 8.20. The number of aryl methyl sites for hydroxylation is 1. The van der Waals surface area contributed by atoms with E-state index in [9.17, 15) is 0 Å². The van der Waals surface area contributed by atoms with Crippen LogP contribution in [0.25, 0.3) is 33.9 Å². The van der Waals surface area contributed by atoms with Gasteiger partial charge in [-0.15, -0.1) is 0 Å². The molecule has 0 N–H and O–H groups in total. The minimum absolute atomic E-state index is 0.0483. The Morgan fingerprint density at radius 3 is 2.33 bits per heavy atom. The number of rotatable bonds is 4. The zero-order chi connectivity index (χ0) is 24.1. The van der Waals surface area contributed by atoms with E-state index < -0.39 is 0 Å². The Balaban J connectivity index is 1.38. The number of aromatic nitrogens is 1. The van der Waals surface area contributed by atoms with E-state index in [1.807, 2.05) is 6.07 Å². The lowest BCUT2D eigenvalue weighted by atomic mass is 9.86. The van der Waals surface area contributed by atoms with Gasteiger partial charge in [0.1, 0.15) is 11.9 Å². The summed E-state index contributed by atoms with van der Waals surface area (Å²) in [5.74, 6) is 0.951. The first-order valence-corrected chi connectivity index (χ1v) is 12.7. The van der Waals surface area contributed by atoms with E-state index in [0.29, 0.717) is 0 Å². The minimum atomic E-state index is -0.136. The molecule has 2 heterocycles. The van der Waals surface area contributed by atoms with Gasteiger partial charge in [0.25, 0.3) is 0 Å². The number of hydrogen-bond acceptors (Lipinski definition) is 2. The Morgan fingerprint density at radius 1 is 0.806 bits per heavy atom. The van der Waals surface area contributed by atoms with E-state index in [0.717, 1.165) is 41.1 Å². The summed E-state index contributed by atoms with van der Waals surface area (Å²) in [6.45, 7) is 2.12. The maximum Gasteiger partial charge on any atom is 0.136 e. The van der Waals surface area contributed by atoms with Crippen molar-refractivity contribution in [2.24, 2.45) is 0 Å². The topological polar surface area (TPSA) is 22.1 Å². The van der Waals surface area contributed by atoms with Gasteiger partial charge in [-0.05, 0) is 42.9 Å². The standard InChI is InChI=1S/C34H27NO/c1-23-15-17-25(18-16-23)30-22-26-11-5-6-12-27(26)32(35-30)34(19-20-34)33-29-14-8-7-13-28(29)31(36-33)21-24-9-3-2-4-10-24/h2-18,21-22,33H,19-20H2,1H3/b31-21+. The molecular formula is C34H27NO. The smallest absolute Gasteiger partial charge is 0.136 e. The molecule has 2 heteroatoms. The van der Waals surface area contributed by atoms with Gasteiger partial charge >= 0.3 is 0 Å². The summed E-state index contributed by atoms with van der Waals surface area (Å²) in [5, 5.41) is 2.46. The molecule has 1 aliphatic carbocycles. The average Bonchev–Trinajstić information content (AvgIpc) is 3.65. The molecule has 4 aromatic carbocycles. The SMILES string of the molecule is Cc1ccc(-c2cc3ccccc3c(C3(C4O/C(=C/c5ccccc5)c5ccccc54)CC3)n2)cc1. The molecule has 1 unspecified atom stereocenters. The molecule has 2 nitrogen and oxygen atoms in total. The quantitative estimate of drug-likeness (QED) is 0.265. The molecular weight excluding hydrogens is 438 g/mol. The molecule has 0 bridgehead atoms. The highest BCUT2D eigenvalue weighted by atomic mass is 16.5. The van der Waals surface area contributed by atoms with Gasteiger partial charge in [0.15, 0.2) is 0 Å². The van der Waals surface area contributed by atoms with E-state index in [1.165, 1.54) is 27.5 Å². The number of nitrogens with zero attached hydrogens (tertiary/aromatic N) is 1. The number of pyridine rings is 1. The van der Waals surface area contributed by atoms with Crippen LogP contribution in [0.4, 0.5) is 0 Å². The fourth-order valence-electron chi connectivity index (χ4n) is 5.64. The van der Waals surface area contributed by atoms with Crippen LogP contribution >= 0.6 is 0 Å². The van der Waals surface area contributed by atoms with Crippen LogP contribution in [0.1, 0.15) is 46.9 Å². The largest absolute Gasteiger partial charge is 0.484 e. The van der Waals surface area contributed by atoms with Crippen molar-refractivity contribution < 1.29 is 4.74 Å². The second-order valence-electron chi connectivity index (χ2n) is 10.1. The van der Waals surface area contributed by atoms with Crippen molar-refractivity contribution >= 4 is 22.6 Å². The molecule has 0 amide bonds. The van der Waals surface area contributed by atoms with Crippen molar-refractivity contribution in [2.45, 2.75) is 31.3 Å². The molecule has 1 atom stereocenters. The van der Waals surface area contributed by atoms with Crippen molar-refractivity contribution in [1.29, 1.82) is 0 Å². The van der Waals surface area contributed by atoms with E-state index in [-0.39, 0.29) is 11.5 Å². The van der Waals surface area contributed by atoms with Crippen molar-refractivity contribution in [2.75, 3.05) is 0 Å². The minimum Gasteiger partial charge on any atom is -0.484 e. The molecule has 5 aromatic rings. The Labute approximate surface area is 211 Å². The molecule has 0 radical (unpaired) electrons. The molecule has 0 spiro atoms. The van der Waals surface area contributed by atoms with Crippen molar-refractivity contribution in [1.82, 2.24) is 4.98 Å². The molecule has 2 aliphatic rings. The van der Waals surface area contributed by atoms with Crippen LogP contribution in [0.5, 0.6) is 0 Å². The lowest BCUT2D eigenvalue weighted by Gasteiger charge is -2.25. The predicted octanol–water partition coefficient (Wildman–Crippen LogP) is 8.51. The highest BCUT2D eigenvalue weighted by Crippen LogP contribution is 2.62. The number of ether oxygens (including phenoxy) is 1. The summed E-state index contributed by atoms with van der Waals surface area (Å²) in [6.07, 6.45) is 4.26. The van der Waals surface area contributed by atoms with Crippen LogP contribution in [-0.2, 0) is 10.2 Å². The Hall–Kier alpha value is -4.17. The van der Waals surface area contributed by atoms with Gasteiger partial charge < -0.3 is 4.74 Å². The van der Waals surface area contributed by atoms with Gasteiger partial charge in [-0.25, -0.2) is 0 Å². The Kier molecular flexibility index (Phi) is 4.82. The molecule has 1 aromatic heterocycles. The Bertz CT molecular complexity index is 1610. The van der Waals surface area contributed by atoms with Crippen molar-refractivity contribution in [3.8, 4) is 11.3 Å². The van der Waals surface area contributed by atoms with Crippen molar-refractivity contribution in [3.63, 3.8) is 0 Å². The summed E-state index contributed by atoms with van der Waals surface area (Å²) in [5.41, 5.74) is 8.08. The van der Waals surface area contributed by atoms with Gasteiger partial charge in [0.2, 0.25) is 0 Å². The maximum atomic E-state index is 6.85. The Morgan fingerprint density at radius 2 is 1.53 bits per heavy atom. The van der Waals surface area contributed by atoms with Crippen LogP contribution in [-0.4, -0.2) is 4.98 Å². The fraction of sp³-hybridized carbons (Fsp3) is 0.147. The zero-order valence-corrected chi connectivity index (χ0v) is 20.3. The predicted molar refractivity (Wildman–Crippen MR) is 147 cm³/mol. The normalized spacial score (nSPS) is 18.7. The second-order valence-corrected chi connectivity index (χ2v) is 10.1. The highest BCUT2D eigenvalue weighted by Gasteiger charge is 2.57. The molecule has 1 fully saturated rings. The highest BCUT2D eigenvalue weighted by molar-refractivity contribution is 5.90. The molecule has 174 valence electrons. The summed E-state index contributed by atoms with van der Waals surface area (Å²) >= 11 is 0. The van der Waals surface area contributed by atoms with Gasteiger partial charge in [0, 0.05) is 22.1 Å². The first-order valence-electron chi connectivity index (χ1n) is 12.7. The summed E-state index contributed by atoms with van der Waals surface area (Å²) in [4.78, 5) is 5.36. The third-order valence-corrected chi connectivity index (χ3v) is 7.70. The van der Waals surface area contributed by atoms with Crippen molar-refractivity contribution in [3.05, 3.63) is 137 Å². The molecule has 7 rings (SSSR count). The lowest BCUT2D eigenvalue weighted by Crippen LogP contribution is -2.20. The molecule has 1 saturated carbocycles. The molecule has 0 saturated heterocycles. The number of hydrogen-bond donors (Lipinski definition) is 0. The lowest BCUT2D eigenvalue weighted by molar-refractivity contribution is 0.144. The maximum absolute atomic E-state index is 6.85. The first kappa shape index (κ1) is 21.1. The van der Waals surface area contributed by atoms with Gasteiger partial charge in [-0.2, -0.15) is 0 Å². The zero-order valence-electron chi connectivity index (χ0n) is 20.3. The third-order valence-electron chi connectivity index (χ3n) is 7.70. The van der Waals surface area contributed by atoms with Crippen LogP contribution in [0.15, 0.2) is 109 Å². The van der Waals surface area contributed by atoms with E-state index in [2.05, 4.69) is 116 Å². The van der Waals surface area contributed by atoms with Crippen LogP contribution < -0.4 is 0 Å². The fourth-order valence-corrected chi connectivity index (χ4v) is 5.64. The van der Waals surface area contributed by atoms with Gasteiger partial charge in [-0.3, -0.25) is 4.98 Å². The van der Waals surface area contributed by atoms with Gasteiger partial charge in [-0.1, -0.05) is 109 Å². The average molecular weight is 466 g/mol. The first-order chi connectivity index (χ1) is 17.7. The van der Waals surface area contributed by atoms with Gasteiger partial charge in [0.05, 0.1) is 16.8 Å². The van der Waals surface area contributed by atoms with Crippen LogP contribution in [0, 0.1) is 6.92 Å². The van der Waals surface area contributed by atoms with Crippen LogP contribution in [0.2, 0.25) is 0 Å². The third kappa shape index (κ3) is 3.45. The summed E-state index contributed by atoms with van der Waals surface area (Å²) in [7, 11) is 0. The van der Waals surface area contributed by atoms with E-state index in [4.69, 9.17) is 9.72 Å². The number of benzene rings is 4. The van der Waals surface area contributed by atoms with E-state index >= 15 is 0 Å².